The molecule has 0 radical (unpaired) electrons. The summed E-state index contributed by atoms with van der Waals surface area (Å²) in [5.74, 6) is 1.66. The molecule has 0 amide bonds. The van der Waals surface area contributed by atoms with Crippen LogP contribution in [0, 0.1) is 5.92 Å². The summed E-state index contributed by atoms with van der Waals surface area (Å²) in [5, 5.41) is 9.98. The molecular weight excluding hydrogens is 234 g/mol. The molecule has 1 aliphatic carbocycles. The van der Waals surface area contributed by atoms with Crippen LogP contribution in [-0.2, 0) is 6.42 Å². The van der Waals surface area contributed by atoms with E-state index in [0.29, 0.717) is 0 Å². The van der Waals surface area contributed by atoms with Gasteiger partial charge in [0.2, 0.25) is 0 Å². The minimum atomic E-state index is -0.364. The first-order valence-electron chi connectivity index (χ1n) is 7.75. The van der Waals surface area contributed by atoms with Crippen LogP contribution in [0.2, 0.25) is 0 Å². The van der Waals surface area contributed by atoms with Crippen LogP contribution in [0.25, 0.3) is 0 Å². The summed E-state index contributed by atoms with van der Waals surface area (Å²) >= 11 is 0. The van der Waals surface area contributed by atoms with Gasteiger partial charge in [-0.15, -0.1) is 0 Å². The van der Waals surface area contributed by atoms with E-state index < -0.39 is 0 Å². The van der Waals surface area contributed by atoms with Gasteiger partial charge in [-0.05, 0) is 61.7 Å². The maximum Gasteiger partial charge on any atom is 0.0690 e. The van der Waals surface area contributed by atoms with Crippen LogP contribution in [-0.4, -0.2) is 35.2 Å². The Bertz CT molecular complexity index is 455. The predicted molar refractivity (Wildman–Crippen MR) is 76.2 cm³/mol. The normalized spacial score (nSPS) is 35.3. The molecule has 1 unspecified atom stereocenters. The zero-order chi connectivity index (χ0) is 12.9. The van der Waals surface area contributed by atoms with Gasteiger partial charge in [-0.1, -0.05) is 24.3 Å². The van der Waals surface area contributed by atoms with E-state index in [9.17, 15) is 5.11 Å². The van der Waals surface area contributed by atoms with Crippen LogP contribution in [0.1, 0.15) is 42.7 Å². The summed E-state index contributed by atoms with van der Waals surface area (Å²) in [6.07, 6.45) is 5.56. The number of piperidine rings is 3. The molecule has 102 valence electrons. The van der Waals surface area contributed by atoms with Crippen LogP contribution >= 0.6 is 0 Å². The van der Waals surface area contributed by atoms with Crippen LogP contribution in [0.5, 0.6) is 0 Å². The molecule has 2 heteroatoms. The van der Waals surface area contributed by atoms with Crippen molar-refractivity contribution in [2.75, 3.05) is 19.6 Å². The van der Waals surface area contributed by atoms with Crippen molar-refractivity contribution in [3.8, 4) is 0 Å². The third kappa shape index (κ3) is 2.32. The fourth-order valence-corrected chi connectivity index (χ4v) is 3.93. The molecule has 2 bridgehead atoms. The van der Waals surface area contributed by atoms with Crippen molar-refractivity contribution in [3.05, 3.63) is 35.4 Å². The quantitative estimate of drug-likeness (QED) is 0.899. The number of aliphatic hydroxyl groups is 1. The third-order valence-electron chi connectivity index (χ3n) is 5.42. The van der Waals surface area contributed by atoms with Crippen molar-refractivity contribution in [2.45, 2.75) is 43.6 Å². The zero-order valence-corrected chi connectivity index (χ0v) is 11.5. The van der Waals surface area contributed by atoms with Crippen molar-refractivity contribution in [1.29, 1.82) is 0 Å². The van der Waals surface area contributed by atoms with Crippen molar-refractivity contribution in [2.24, 2.45) is 5.92 Å². The first kappa shape index (κ1) is 11.9. The Morgan fingerprint density at radius 1 is 1.11 bits per heavy atom. The van der Waals surface area contributed by atoms with Gasteiger partial charge in [-0.2, -0.15) is 0 Å². The van der Waals surface area contributed by atoms with E-state index in [1.807, 2.05) is 0 Å². The third-order valence-corrected chi connectivity index (χ3v) is 5.42. The van der Waals surface area contributed by atoms with Gasteiger partial charge >= 0.3 is 0 Å². The lowest BCUT2D eigenvalue weighted by molar-refractivity contribution is 0.0871. The first-order valence-corrected chi connectivity index (χ1v) is 7.75. The summed E-state index contributed by atoms with van der Waals surface area (Å²) in [4.78, 5) is 2.62. The number of fused-ring (bicyclic) bond motifs is 3. The number of benzene rings is 1. The van der Waals surface area contributed by atoms with Crippen molar-refractivity contribution < 1.29 is 5.11 Å². The summed E-state index contributed by atoms with van der Waals surface area (Å²) < 4.78 is 0. The molecule has 1 aromatic rings. The topological polar surface area (TPSA) is 23.5 Å². The van der Waals surface area contributed by atoms with Crippen molar-refractivity contribution in [3.63, 3.8) is 0 Å². The molecule has 5 rings (SSSR count). The molecule has 3 saturated heterocycles. The molecule has 4 aliphatic rings. The Kier molecular flexibility index (Phi) is 2.71. The summed E-state index contributed by atoms with van der Waals surface area (Å²) in [7, 11) is 0. The van der Waals surface area contributed by atoms with Gasteiger partial charge in [0.15, 0.2) is 0 Å². The molecule has 4 fully saturated rings. The molecule has 1 saturated carbocycles. The van der Waals surface area contributed by atoms with Gasteiger partial charge in [-0.25, -0.2) is 0 Å². The summed E-state index contributed by atoms with van der Waals surface area (Å²) in [6.45, 7) is 3.88. The first-order chi connectivity index (χ1) is 9.22. The molecule has 1 N–H and O–H groups in total. The zero-order valence-electron chi connectivity index (χ0n) is 11.5. The molecule has 0 spiro atoms. The number of nitrogens with zero attached hydrogens (tertiary/aromatic N) is 1. The fraction of sp³-hybridized carbons (Fsp3) is 0.647. The van der Waals surface area contributed by atoms with Gasteiger partial charge < -0.3 is 10.0 Å². The Labute approximate surface area is 115 Å². The monoisotopic (exact) mass is 257 g/mol. The van der Waals surface area contributed by atoms with Gasteiger partial charge in [0, 0.05) is 13.0 Å². The second-order valence-corrected chi connectivity index (χ2v) is 6.89. The average molecular weight is 257 g/mol. The highest BCUT2D eigenvalue weighted by atomic mass is 16.3. The van der Waals surface area contributed by atoms with E-state index >= 15 is 0 Å². The maximum absolute atomic E-state index is 9.98. The molecule has 0 aromatic heterocycles. The molecule has 2 nitrogen and oxygen atoms in total. The largest absolute Gasteiger partial charge is 0.390 e. The lowest BCUT2D eigenvalue weighted by Crippen LogP contribution is -2.46. The SMILES string of the molecule is OC1(Cc2ccc(C3CN4CCC3CC4)cc2)CC1. The van der Waals surface area contributed by atoms with Gasteiger partial charge in [0.05, 0.1) is 5.60 Å². The van der Waals surface area contributed by atoms with Crippen molar-refractivity contribution >= 4 is 0 Å². The van der Waals surface area contributed by atoms with Crippen LogP contribution in [0.4, 0.5) is 0 Å². The minimum Gasteiger partial charge on any atom is -0.390 e. The Morgan fingerprint density at radius 3 is 2.32 bits per heavy atom. The minimum absolute atomic E-state index is 0.364. The van der Waals surface area contributed by atoms with Crippen LogP contribution in [0.15, 0.2) is 24.3 Å². The van der Waals surface area contributed by atoms with Gasteiger partial charge in [-0.3, -0.25) is 0 Å². The standard InChI is InChI=1S/C17H23NO/c19-17(7-8-17)11-13-1-3-14(4-2-13)16-12-18-9-5-15(16)6-10-18/h1-4,15-16,19H,5-12H2. The van der Waals surface area contributed by atoms with Crippen molar-refractivity contribution in [1.82, 2.24) is 4.90 Å². The average Bonchev–Trinajstić information content (AvgIpc) is 3.18. The number of hydrogen-bond acceptors (Lipinski definition) is 2. The molecule has 1 aromatic carbocycles. The van der Waals surface area contributed by atoms with Gasteiger partial charge in [0.25, 0.3) is 0 Å². The molecule has 3 heterocycles. The molecule has 3 aliphatic heterocycles. The fourth-order valence-electron chi connectivity index (χ4n) is 3.93. The van der Waals surface area contributed by atoms with Crippen LogP contribution < -0.4 is 0 Å². The lowest BCUT2D eigenvalue weighted by atomic mass is 9.75. The summed E-state index contributed by atoms with van der Waals surface area (Å²) in [5.41, 5.74) is 2.45. The smallest absolute Gasteiger partial charge is 0.0690 e. The second-order valence-electron chi connectivity index (χ2n) is 6.89. The number of hydrogen-bond donors (Lipinski definition) is 1. The molecule has 1 atom stereocenters. The highest BCUT2D eigenvalue weighted by molar-refractivity contribution is 5.29. The molecule has 19 heavy (non-hydrogen) atoms. The van der Waals surface area contributed by atoms with Crippen LogP contribution in [0.3, 0.4) is 0 Å². The van der Waals surface area contributed by atoms with E-state index in [0.717, 1.165) is 31.1 Å². The van der Waals surface area contributed by atoms with E-state index in [-0.39, 0.29) is 5.60 Å². The Balaban J connectivity index is 1.49. The lowest BCUT2D eigenvalue weighted by Gasteiger charge is -2.45. The Morgan fingerprint density at radius 2 is 1.79 bits per heavy atom. The maximum atomic E-state index is 9.98. The molecular formula is C17H23NO. The second kappa shape index (κ2) is 4.32. The predicted octanol–water partition coefficient (Wildman–Crippen LogP) is 2.56. The van der Waals surface area contributed by atoms with E-state index in [2.05, 4.69) is 29.2 Å². The van der Waals surface area contributed by atoms with Gasteiger partial charge in [0.1, 0.15) is 0 Å². The highest BCUT2D eigenvalue weighted by Gasteiger charge is 2.40. The number of rotatable bonds is 3. The summed E-state index contributed by atoms with van der Waals surface area (Å²) in [6, 6.07) is 9.10. The highest BCUT2D eigenvalue weighted by Crippen LogP contribution is 2.40. The Hall–Kier alpha value is -0.860. The van der Waals surface area contributed by atoms with E-state index in [1.54, 1.807) is 0 Å². The van der Waals surface area contributed by atoms with E-state index in [4.69, 9.17) is 0 Å². The van der Waals surface area contributed by atoms with E-state index in [1.165, 1.54) is 43.6 Å².